The van der Waals surface area contributed by atoms with Gasteiger partial charge < -0.3 is 19.0 Å². The molecule has 4 nitrogen and oxygen atoms in total. The van der Waals surface area contributed by atoms with E-state index < -0.39 is 0 Å². The summed E-state index contributed by atoms with van der Waals surface area (Å²) in [7, 11) is 1.65. The molecule has 3 atom stereocenters. The minimum Gasteiger partial charge on any atom is -0.497 e. The number of rotatable bonds is 7. The van der Waals surface area contributed by atoms with Crippen molar-refractivity contribution in [1.82, 2.24) is 0 Å². The van der Waals surface area contributed by atoms with Gasteiger partial charge in [0, 0.05) is 6.61 Å². The van der Waals surface area contributed by atoms with E-state index in [0.717, 1.165) is 30.4 Å². The Hall–Kier alpha value is -1.39. The third kappa shape index (κ3) is 4.05. The summed E-state index contributed by atoms with van der Waals surface area (Å²) in [5, 5.41) is 0. The van der Waals surface area contributed by atoms with Crippen LogP contribution in [0.15, 0.2) is 24.3 Å². The lowest BCUT2D eigenvalue weighted by Crippen LogP contribution is -2.17. The molecule has 4 heteroatoms. The predicted octanol–water partition coefficient (Wildman–Crippen LogP) is 2.59. The Morgan fingerprint density at radius 3 is 2.70 bits per heavy atom. The third-order valence-electron chi connectivity index (χ3n) is 3.71. The molecule has 2 rings (SSSR count). The van der Waals surface area contributed by atoms with E-state index in [-0.39, 0.29) is 12.2 Å². The second-order valence-electron chi connectivity index (χ2n) is 5.25. The molecule has 0 spiro atoms. The normalized spacial score (nSPS) is 25.6. The Balaban J connectivity index is 1.67. The van der Waals surface area contributed by atoms with Crippen LogP contribution in [0.2, 0.25) is 0 Å². The van der Waals surface area contributed by atoms with Gasteiger partial charge in [-0.1, -0.05) is 19.1 Å². The van der Waals surface area contributed by atoms with Gasteiger partial charge in [0.15, 0.2) is 0 Å². The highest BCUT2D eigenvalue weighted by Gasteiger charge is 2.31. The number of benzene rings is 1. The number of carbonyl (C=O) groups is 1. The standard InChI is InChI=1S/C16H22O4/c1-12-9-15(10-17)20-16(12)7-8-19-11-13-3-5-14(18-2)6-4-13/h3-6,10,12,15-16H,7-9,11H2,1-2H3/t12-,15-,16+/m1/s1. The van der Waals surface area contributed by atoms with Crippen LogP contribution in [0.4, 0.5) is 0 Å². The minimum atomic E-state index is -0.225. The van der Waals surface area contributed by atoms with Crippen molar-refractivity contribution in [3.05, 3.63) is 29.8 Å². The number of hydrogen-bond acceptors (Lipinski definition) is 4. The van der Waals surface area contributed by atoms with Gasteiger partial charge in [0.05, 0.1) is 19.8 Å². The molecule has 0 aromatic heterocycles. The summed E-state index contributed by atoms with van der Waals surface area (Å²) in [6.07, 6.45) is 2.47. The Kier molecular flexibility index (Phi) is 5.56. The molecule has 0 radical (unpaired) electrons. The van der Waals surface area contributed by atoms with Gasteiger partial charge in [-0.3, -0.25) is 0 Å². The van der Waals surface area contributed by atoms with E-state index in [9.17, 15) is 4.79 Å². The molecule has 0 aliphatic carbocycles. The maximum Gasteiger partial charge on any atom is 0.148 e. The zero-order chi connectivity index (χ0) is 14.4. The van der Waals surface area contributed by atoms with E-state index in [0.29, 0.717) is 19.1 Å². The summed E-state index contributed by atoms with van der Waals surface area (Å²) in [4.78, 5) is 10.7. The molecule has 20 heavy (non-hydrogen) atoms. The van der Waals surface area contributed by atoms with Crippen molar-refractivity contribution in [2.24, 2.45) is 5.92 Å². The first-order valence-electron chi connectivity index (χ1n) is 7.04. The molecule has 1 heterocycles. The fourth-order valence-corrected chi connectivity index (χ4v) is 2.48. The summed E-state index contributed by atoms with van der Waals surface area (Å²) in [5.74, 6) is 1.27. The Bertz CT molecular complexity index is 415. The molecule has 1 aliphatic rings. The first-order chi connectivity index (χ1) is 9.72. The van der Waals surface area contributed by atoms with Crippen LogP contribution in [0.25, 0.3) is 0 Å². The summed E-state index contributed by atoms with van der Waals surface area (Å²) in [6.45, 7) is 3.35. The number of aldehydes is 1. The Labute approximate surface area is 120 Å². The number of ether oxygens (including phenoxy) is 3. The van der Waals surface area contributed by atoms with Gasteiger partial charge in [0.2, 0.25) is 0 Å². The maximum absolute atomic E-state index is 10.7. The molecule has 1 aliphatic heterocycles. The van der Waals surface area contributed by atoms with E-state index in [2.05, 4.69) is 6.92 Å². The van der Waals surface area contributed by atoms with Gasteiger partial charge in [-0.2, -0.15) is 0 Å². The van der Waals surface area contributed by atoms with Crippen LogP contribution in [-0.4, -0.2) is 32.2 Å². The van der Waals surface area contributed by atoms with Crippen molar-refractivity contribution in [1.29, 1.82) is 0 Å². The van der Waals surface area contributed by atoms with Crippen LogP contribution in [0.5, 0.6) is 5.75 Å². The second kappa shape index (κ2) is 7.41. The topological polar surface area (TPSA) is 44.8 Å². The quantitative estimate of drug-likeness (QED) is 0.568. The molecule has 1 aromatic carbocycles. The maximum atomic E-state index is 10.7. The monoisotopic (exact) mass is 278 g/mol. The zero-order valence-electron chi connectivity index (χ0n) is 12.1. The lowest BCUT2D eigenvalue weighted by molar-refractivity contribution is -0.117. The molecule has 0 amide bonds. The fourth-order valence-electron chi connectivity index (χ4n) is 2.48. The van der Waals surface area contributed by atoms with Gasteiger partial charge in [-0.25, -0.2) is 0 Å². The first kappa shape index (κ1) is 15.0. The van der Waals surface area contributed by atoms with E-state index >= 15 is 0 Å². The average Bonchev–Trinajstić information content (AvgIpc) is 2.85. The van der Waals surface area contributed by atoms with E-state index in [1.807, 2.05) is 24.3 Å². The lowest BCUT2D eigenvalue weighted by Gasteiger charge is -2.14. The second-order valence-corrected chi connectivity index (χ2v) is 5.25. The van der Waals surface area contributed by atoms with E-state index in [1.165, 1.54) is 0 Å². The van der Waals surface area contributed by atoms with Gasteiger partial charge in [-0.15, -0.1) is 0 Å². The molecule has 1 saturated heterocycles. The van der Waals surface area contributed by atoms with Crippen molar-refractivity contribution in [3.63, 3.8) is 0 Å². The average molecular weight is 278 g/mol. The van der Waals surface area contributed by atoms with Crippen molar-refractivity contribution < 1.29 is 19.0 Å². The molecule has 1 fully saturated rings. The van der Waals surface area contributed by atoms with Crippen molar-refractivity contribution in [2.45, 2.75) is 38.6 Å². The predicted molar refractivity (Wildman–Crippen MR) is 75.8 cm³/mol. The molecule has 110 valence electrons. The summed E-state index contributed by atoms with van der Waals surface area (Å²) >= 11 is 0. The fraction of sp³-hybridized carbons (Fsp3) is 0.562. The molecular weight excluding hydrogens is 256 g/mol. The van der Waals surface area contributed by atoms with Gasteiger partial charge in [0.25, 0.3) is 0 Å². The summed E-state index contributed by atoms with van der Waals surface area (Å²) in [5.41, 5.74) is 1.12. The number of methoxy groups -OCH3 is 1. The van der Waals surface area contributed by atoms with Crippen molar-refractivity contribution >= 4 is 6.29 Å². The van der Waals surface area contributed by atoms with Crippen molar-refractivity contribution in [3.8, 4) is 5.75 Å². The number of hydrogen-bond donors (Lipinski definition) is 0. The Morgan fingerprint density at radius 1 is 1.35 bits per heavy atom. The van der Waals surface area contributed by atoms with Crippen molar-refractivity contribution in [2.75, 3.05) is 13.7 Å². The highest BCUT2D eigenvalue weighted by atomic mass is 16.5. The van der Waals surface area contributed by atoms with Crippen LogP contribution in [-0.2, 0) is 20.9 Å². The van der Waals surface area contributed by atoms with Crippen LogP contribution in [0.3, 0.4) is 0 Å². The molecular formula is C16H22O4. The van der Waals surface area contributed by atoms with Gasteiger partial charge in [0.1, 0.15) is 18.1 Å². The molecule has 0 saturated carbocycles. The van der Waals surface area contributed by atoms with Crippen LogP contribution >= 0.6 is 0 Å². The van der Waals surface area contributed by atoms with Crippen LogP contribution < -0.4 is 4.74 Å². The van der Waals surface area contributed by atoms with Crippen LogP contribution in [0, 0.1) is 5.92 Å². The van der Waals surface area contributed by atoms with E-state index in [4.69, 9.17) is 14.2 Å². The van der Waals surface area contributed by atoms with Gasteiger partial charge >= 0.3 is 0 Å². The molecule has 0 N–H and O–H groups in total. The summed E-state index contributed by atoms with van der Waals surface area (Å²) < 4.78 is 16.4. The third-order valence-corrected chi connectivity index (χ3v) is 3.71. The molecule has 0 unspecified atom stereocenters. The summed E-state index contributed by atoms with van der Waals surface area (Å²) in [6, 6.07) is 7.84. The number of carbonyl (C=O) groups excluding carboxylic acids is 1. The molecule has 1 aromatic rings. The zero-order valence-corrected chi connectivity index (χ0v) is 12.1. The smallest absolute Gasteiger partial charge is 0.148 e. The van der Waals surface area contributed by atoms with Gasteiger partial charge in [-0.05, 0) is 36.5 Å². The molecule has 0 bridgehead atoms. The first-order valence-corrected chi connectivity index (χ1v) is 7.04. The Morgan fingerprint density at radius 2 is 2.10 bits per heavy atom. The largest absolute Gasteiger partial charge is 0.497 e. The lowest BCUT2D eigenvalue weighted by atomic mass is 10.0. The highest BCUT2D eigenvalue weighted by molar-refractivity contribution is 5.56. The van der Waals surface area contributed by atoms with Crippen LogP contribution in [0.1, 0.15) is 25.3 Å². The van der Waals surface area contributed by atoms with E-state index in [1.54, 1.807) is 7.11 Å². The minimum absolute atomic E-state index is 0.140. The highest BCUT2D eigenvalue weighted by Crippen LogP contribution is 2.27. The SMILES string of the molecule is COc1ccc(COCC[C@@H]2O[C@@H](C=O)C[C@H]2C)cc1.